The predicted molar refractivity (Wildman–Crippen MR) is 147 cm³/mol. The molecule has 0 fully saturated rings. The summed E-state index contributed by atoms with van der Waals surface area (Å²) in [6, 6.07) is 4.85. The number of carbonyl (C=O) groups is 2. The molecule has 0 unspecified atom stereocenters. The van der Waals surface area contributed by atoms with E-state index in [0.29, 0.717) is 43.1 Å². The third-order valence-corrected chi connectivity index (χ3v) is 6.75. The average molecular weight is 521 g/mol. The first-order valence-corrected chi connectivity index (χ1v) is 13.6. The molecular weight excluding hydrogens is 472 g/mol. The number of nitrogens with zero attached hydrogens (tertiary/aromatic N) is 2. The fourth-order valence-electron chi connectivity index (χ4n) is 4.47. The van der Waals surface area contributed by atoms with Crippen molar-refractivity contribution in [3.05, 3.63) is 23.8 Å². The molecule has 3 N–H and O–H groups in total. The summed E-state index contributed by atoms with van der Waals surface area (Å²) in [7, 11) is 5.85. The summed E-state index contributed by atoms with van der Waals surface area (Å²) in [5.41, 5.74) is 0.939. The normalized spacial score (nSPS) is 22.6. The lowest BCUT2D eigenvalue weighted by atomic mass is 10.0. The standard InChI is InChI=1S/C28H48N4O5/c1-20-18-32(21(2)19-33)28(35)24-16-23(30-27(34)11-9-14-31(5)6)12-13-25(24)37-22(3)10-7-8-15-36-26(20)17-29-4/h12-13,16,20-22,26,29,33H,7-11,14-15,17-19H2,1-6H3,(H,30,34)/t20-,21+,22-,26+/m1/s1. The van der Waals surface area contributed by atoms with Gasteiger partial charge in [0, 0.05) is 37.7 Å². The number of aliphatic hydroxyl groups is 1. The van der Waals surface area contributed by atoms with Crippen molar-refractivity contribution in [2.45, 2.75) is 71.1 Å². The van der Waals surface area contributed by atoms with E-state index < -0.39 is 6.04 Å². The molecule has 0 saturated heterocycles. The topological polar surface area (TPSA) is 103 Å². The zero-order chi connectivity index (χ0) is 27.4. The Balaban J connectivity index is 2.38. The van der Waals surface area contributed by atoms with Gasteiger partial charge in [0.25, 0.3) is 5.91 Å². The Morgan fingerprint density at radius 2 is 2.03 bits per heavy atom. The lowest BCUT2D eigenvalue weighted by molar-refractivity contribution is -0.116. The van der Waals surface area contributed by atoms with Gasteiger partial charge >= 0.3 is 0 Å². The molecule has 0 aliphatic carbocycles. The number of benzene rings is 1. The van der Waals surface area contributed by atoms with Gasteiger partial charge in [-0.2, -0.15) is 0 Å². The van der Waals surface area contributed by atoms with E-state index in [1.165, 1.54) is 0 Å². The smallest absolute Gasteiger partial charge is 0.258 e. The number of anilines is 1. The molecule has 9 heteroatoms. The quantitative estimate of drug-likeness (QED) is 0.460. The van der Waals surface area contributed by atoms with Crippen LogP contribution in [0.15, 0.2) is 18.2 Å². The number of ether oxygens (including phenoxy) is 2. The van der Waals surface area contributed by atoms with Crippen LogP contribution in [0, 0.1) is 5.92 Å². The van der Waals surface area contributed by atoms with Crippen LogP contribution in [-0.2, 0) is 9.53 Å². The van der Waals surface area contributed by atoms with Gasteiger partial charge in [0.2, 0.25) is 5.91 Å². The van der Waals surface area contributed by atoms with Crippen molar-refractivity contribution in [2.75, 3.05) is 59.3 Å². The third kappa shape index (κ3) is 10.2. The number of hydrogen-bond acceptors (Lipinski definition) is 7. The van der Waals surface area contributed by atoms with E-state index in [1.54, 1.807) is 23.1 Å². The van der Waals surface area contributed by atoms with Crippen LogP contribution in [0.2, 0.25) is 0 Å². The molecule has 1 aromatic rings. The van der Waals surface area contributed by atoms with Gasteiger partial charge < -0.3 is 35.0 Å². The minimum absolute atomic E-state index is 0.0382. The first-order chi connectivity index (χ1) is 17.7. The number of aliphatic hydroxyl groups excluding tert-OH is 1. The zero-order valence-electron chi connectivity index (χ0n) is 23.6. The van der Waals surface area contributed by atoms with E-state index >= 15 is 0 Å². The molecule has 37 heavy (non-hydrogen) atoms. The van der Waals surface area contributed by atoms with Gasteiger partial charge in [0.1, 0.15) is 5.75 Å². The summed E-state index contributed by atoms with van der Waals surface area (Å²) in [5.74, 6) is 0.201. The van der Waals surface area contributed by atoms with Crippen LogP contribution in [0.3, 0.4) is 0 Å². The molecule has 0 spiro atoms. The molecule has 1 aromatic carbocycles. The maximum atomic E-state index is 14.0. The van der Waals surface area contributed by atoms with Crippen molar-refractivity contribution < 1.29 is 24.2 Å². The van der Waals surface area contributed by atoms with Crippen LogP contribution < -0.4 is 15.4 Å². The van der Waals surface area contributed by atoms with Gasteiger partial charge in [0.15, 0.2) is 0 Å². The zero-order valence-corrected chi connectivity index (χ0v) is 23.6. The Kier molecular flexibility index (Phi) is 13.3. The number of nitrogens with one attached hydrogen (secondary N) is 2. The number of hydrogen-bond donors (Lipinski definition) is 3. The highest BCUT2D eigenvalue weighted by molar-refractivity contribution is 5.99. The average Bonchev–Trinajstić information content (AvgIpc) is 2.85. The molecule has 2 amide bonds. The highest BCUT2D eigenvalue weighted by atomic mass is 16.5. The fourth-order valence-corrected chi connectivity index (χ4v) is 4.47. The van der Waals surface area contributed by atoms with Gasteiger partial charge in [-0.1, -0.05) is 6.92 Å². The molecular formula is C28H48N4O5. The van der Waals surface area contributed by atoms with Crippen LogP contribution in [0.1, 0.15) is 63.2 Å². The first kappa shape index (κ1) is 31.0. The Labute approximate surface area is 222 Å². The molecule has 2 rings (SSSR count). The highest BCUT2D eigenvalue weighted by Crippen LogP contribution is 2.28. The van der Waals surface area contributed by atoms with Crippen molar-refractivity contribution in [3.8, 4) is 5.75 Å². The van der Waals surface area contributed by atoms with E-state index in [9.17, 15) is 14.7 Å². The lowest BCUT2D eigenvalue weighted by Gasteiger charge is -2.34. The second kappa shape index (κ2) is 15.9. The van der Waals surface area contributed by atoms with Crippen molar-refractivity contribution in [2.24, 2.45) is 5.92 Å². The summed E-state index contributed by atoms with van der Waals surface area (Å²) in [6.45, 7) is 8.32. The maximum Gasteiger partial charge on any atom is 0.258 e. The van der Waals surface area contributed by atoms with Crippen molar-refractivity contribution in [3.63, 3.8) is 0 Å². The Bertz CT molecular complexity index is 850. The van der Waals surface area contributed by atoms with E-state index in [0.717, 1.165) is 32.2 Å². The van der Waals surface area contributed by atoms with Crippen LogP contribution in [-0.4, -0.2) is 99.0 Å². The molecule has 1 aliphatic heterocycles. The Hall–Kier alpha value is -2.20. The molecule has 0 bridgehead atoms. The van der Waals surface area contributed by atoms with Crippen molar-refractivity contribution >= 4 is 17.5 Å². The Morgan fingerprint density at radius 3 is 2.70 bits per heavy atom. The summed E-state index contributed by atoms with van der Waals surface area (Å²) in [5, 5.41) is 16.1. The highest BCUT2D eigenvalue weighted by Gasteiger charge is 2.29. The molecule has 1 aliphatic rings. The SMILES string of the molecule is CNC[C@@H]1OCCCC[C@@H](C)Oc2ccc(NC(=O)CCCN(C)C)cc2C(=O)N([C@@H](C)CO)C[C@H]1C. The summed E-state index contributed by atoms with van der Waals surface area (Å²) in [6.07, 6.45) is 3.73. The largest absolute Gasteiger partial charge is 0.490 e. The van der Waals surface area contributed by atoms with Crippen LogP contribution in [0.5, 0.6) is 5.75 Å². The molecule has 9 nitrogen and oxygen atoms in total. The lowest BCUT2D eigenvalue weighted by Crippen LogP contribution is -2.47. The predicted octanol–water partition coefficient (Wildman–Crippen LogP) is 2.98. The second-order valence-corrected chi connectivity index (χ2v) is 10.5. The molecule has 0 aromatic heterocycles. The maximum absolute atomic E-state index is 14.0. The monoisotopic (exact) mass is 520 g/mol. The molecule has 0 saturated carbocycles. The first-order valence-electron chi connectivity index (χ1n) is 13.6. The minimum atomic E-state index is -0.396. The summed E-state index contributed by atoms with van der Waals surface area (Å²) in [4.78, 5) is 30.2. The number of amides is 2. The number of likely N-dealkylation sites (N-methyl/N-ethyl adjacent to an activating group) is 1. The van der Waals surface area contributed by atoms with E-state index in [4.69, 9.17) is 9.47 Å². The third-order valence-electron chi connectivity index (χ3n) is 6.75. The van der Waals surface area contributed by atoms with E-state index in [2.05, 4.69) is 17.6 Å². The number of fused-ring (bicyclic) bond motifs is 1. The van der Waals surface area contributed by atoms with Gasteiger partial charge in [-0.25, -0.2) is 0 Å². The second-order valence-electron chi connectivity index (χ2n) is 10.5. The molecule has 210 valence electrons. The van der Waals surface area contributed by atoms with Gasteiger partial charge in [0.05, 0.1) is 30.4 Å². The van der Waals surface area contributed by atoms with Gasteiger partial charge in [-0.3, -0.25) is 9.59 Å². The van der Waals surface area contributed by atoms with Gasteiger partial charge in [-0.15, -0.1) is 0 Å². The van der Waals surface area contributed by atoms with E-state index in [1.807, 2.05) is 39.9 Å². The van der Waals surface area contributed by atoms with Gasteiger partial charge in [-0.05, 0) is 85.4 Å². The van der Waals surface area contributed by atoms with Crippen molar-refractivity contribution in [1.82, 2.24) is 15.1 Å². The molecule has 0 radical (unpaired) electrons. The Morgan fingerprint density at radius 1 is 1.27 bits per heavy atom. The number of rotatable bonds is 9. The summed E-state index contributed by atoms with van der Waals surface area (Å²) < 4.78 is 12.4. The minimum Gasteiger partial charge on any atom is -0.490 e. The van der Waals surface area contributed by atoms with Crippen LogP contribution >= 0.6 is 0 Å². The van der Waals surface area contributed by atoms with Crippen molar-refractivity contribution in [1.29, 1.82) is 0 Å². The fraction of sp³-hybridized carbons (Fsp3) is 0.714. The van der Waals surface area contributed by atoms with Crippen LogP contribution in [0.25, 0.3) is 0 Å². The molecule has 4 atom stereocenters. The summed E-state index contributed by atoms with van der Waals surface area (Å²) >= 11 is 0. The van der Waals surface area contributed by atoms with E-state index in [-0.39, 0.29) is 36.5 Å². The number of carbonyl (C=O) groups excluding carboxylic acids is 2. The van der Waals surface area contributed by atoms with Crippen LogP contribution in [0.4, 0.5) is 5.69 Å². The molecule has 1 heterocycles.